The highest BCUT2D eigenvalue weighted by Gasteiger charge is 2.64. The summed E-state index contributed by atoms with van der Waals surface area (Å²) < 4.78 is 26.2. The van der Waals surface area contributed by atoms with Crippen LogP contribution in [0.25, 0.3) is 11.2 Å². The van der Waals surface area contributed by atoms with Crippen molar-refractivity contribution in [1.29, 1.82) is 0 Å². The molecule has 2 saturated heterocycles. The van der Waals surface area contributed by atoms with Gasteiger partial charge in [0.1, 0.15) is 30.7 Å². The zero-order chi connectivity index (χ0) is 22.1. The first-order valence-corrected chi connectivity index (χ1v) is 11.0. The van der Waals surface area contributed by atoms with Gasteiger partial charge in [-0.25, -0.2) is 19.7 Å². The number of benzene rings is 1. The van der Waals surface area contributed by atoms with E-state index in [1.54, 1.807) is 35.2 Å². The van der Waals surface area contributed by atoms with Crippen molar-refractivity contribution in [3.63, 3.8) is 0 Å². The summed E-state index contributed by atoms with van der Waals surface area (Å²) in [6.07, 6.45) is 3.52. The molecule has 5 rings (SSSR count). The van der Waals surface area contributed by atoms with Gasteiger partial charge in [-0.15, -0.1) is 0 Å². The van der Waals surface area contributed by atoms with Crippen LogP contribution in [0.4, 0.5) is 0 Å². The van der Waals surface area contributed by atoms with E-state index in [-0.39, 0.29) is 18.4 Å². The monoisotopic (exact) mass is 458 g/mol. The van der Waals surface area contributed by atoms with E-state index < -0.39 is 30.0 Å². The number of unbranched alkanes of at least 4 members (excludes halogenated alkanes) is 1. The van der Waals surface area contributed by atoms with Crippen LogP contribution < -0.4 is 0 Å². The van der Waals surface area contributed by atoms with E-state index >= 15 is 0 Å². The number of ether oxygens (including phenoxy) is 4. The lowest BCUT2D eigenvalue weighted by atomic mass is 10.00. The number of rotatable bonds is 8. The Morgan fingerprint density at radius 2 is 2.12 bits per heavy atom. The van der Waals surface area contributed by atoms with Crippen LogP contribution in [0.15, 0.2) is 43.0 Å². The van der Waals surface area contributed by atoms with Crippen molar-refractivity contribution in [2.45, 2.75) is 43.8 Å². The standard InChI is InChI=1S/C22H23ClN4O5/c1-2-3-9-29-17-16-20(27-13-26-15-18(23)24-12-25-19(15)27)32-22(17,10-30-16)11-31-21(28)14-7-5-4-6-8-14/h4-8,12-13,16-17,20H,2-3,9-11H2,1H3/t16-,17?,20+,22+/m0/s1. The highest BCUT2D eigenvalue weighted by atomic mass is 35.5. The fourth-order valence-electron chi connectivity index (χ4n) is 4.18. The third-order valence-electron chi connectivity index (χ3n) is 5.81. The smallest absolute Gasteiger partial charge is 0.338 e. The van der Waals surface area contributed by atoms with Gasteiger partial charge in [-0.3, -0.25) is 4.57 Å². The van der Waals surface area contributed by atoms with E-state index in [1.165, 1.54) is 6.33 Å². The lowest BCUT2D eigenvalue weighted by Gasteiger charge is -2.31. The quantitative estimate of drug-likeness (QED) is 0.288. The van der Waals surface area contributed by atoms with Crippen LogP contribution in [-0.4, -0.2) is 63.1 Å². The number of esters is 1. The molecule has 168 valence electrons. The molecular formula is C22H23ClN4O5. The number of carbonyl (C=O) groups excluding carboxylic acids is 1. The molecule has 2 aromatic heterocycles. The molecular weight excluding hydrogens is 436 g/mol. The van der Waals surface area contributed by atoms with E-state index in [2.05, 4.69) is 21.9 Å². The molecule has 10 heteroatoms. The number of halogens is 1. The van der Waals surface area contributed by atoms with Gasteiger partial charge < -0.3 is 18.9 Å². The largest absolute Gasteiger partial charge is 0.459 e. The Kier molecular flexibility index (Phi) is 5.81. The minimum Gasteiger partial charge on any atom is -0.459 e. The second-order valence-electron chi connectivity index (χ2n) is 7.92. The number of aromatic nitrogens is 4. The van der Waals surface area contributed by atoms with Gasteiger partial charge in [0.05, 0.1) is 18.5 Å². The summed E-state index contributed by atoms with van der Waals surface area (Å²) >= 11 is 6.16. The molecule has 1 unspecified atom stereocenters. The van der Waals surface area contributed by atoms with Crippen LogP contribution in [0.2, 0.25) is 5.15 Å². The predicted octanol–water partition coefficient (Wildman–Crippen LogP) is 3.19. The van der Waals surface area contributed by atoms with Crippen LogP contribution in [0, 0.1) is 0 Å². The summed E-state index contributed by atoms with van der Waals surface area (Å²) in [6.45, 7) is 2.92. The molecule has 2 aliphatic heterocycles. The van der Waals surface area contributed by atoms with E-state index in [9.17, 15) is 4.79 Å². The Hall–Kier alpha value is -2.59. The van der Waals surface area contributed by atoms with E-state index in [4.69, 9.17) is 30.5 Å². The van der Waals surface area contributed by atoms with Gasteiger partial charge in [-0.2, -0.15) is 0 Å². The zero-order valence-electron chi connectivity index (χ0n) is 17.5. The van der Waals surface area contributed by atoms with Crippen molar-refractivity contribution in [2.75, 3.05) is 19.8 Å². The molecule has 2 aliphatic rings. The van der Waals surface area contributed by atoms with Crippen molar-refractivity contribution >= 4 is 28.7 Å². The third kappa shape index (κ3) is 3.65. The highest BCUT2D eigenvalue weighted by molar-refractivity contribution is 6.33. The van der Waals surface area contributed by atoms with Crippen LogP contribution >= 0.6 is 11.6 Å². The number of hydrogen-bond acceptors (Lipinski definition) is 8. The molecule has 0 amide bonds. The summed E-state index contributed by atoms with van der Waals surface area (Å²) in [7, 11) is 0. The summed E-state index contributed by atoms with van der Waals surface area (Å²) in [5, 5.41) is 0.264. The first-order chi connectivity index (χ1) is 15.6. The van der Waals surface area contributed by atoms with Gasteiger partial charge in [0.25, 0.3) is 0 Å². The normalized spacial score (nSPS) is 26.6. The minimum atomic E-state index is -0.930. The molecule has 0 saturated carbocycles. The molecule has 9 nitrogen and oxygen atoms in total. The first-order valence-electron chi connectivity index (χ1n) is 10.6. The molecule has 0 spiro atoms. The maximum Gasteiger partial charge on any atom is 0.338 e. The Bertz CT molecular complexity index is 1110. The molecule has 0 radical (unpaired) electrons. The van der Waals surface area contributed by atoms with Gasteiger partial charge in [0, 0.05) is 6.61 Å². The van der Waals surface area contributed by atoms with Crippen LogP contribution in [0.5, 0.6) is 0 Å². The molecule has 4 atom stereocenters. The van der Waals surface area contributed by atoms with Crippen LogP contribution in [0.1, 0.15) is 36.4 Å². The fourth-order valence-corrected chi connectivity index (χ4v) is 4.35. The number of imidazole rings is 1. The molecule has 4 heterocycles. The Morgan fingerprint density at radius 1 is 1.28 bits per heavy atom. The average Bonchev–Trinajstić information content (AvgIpc) is 3.49. The number of nitrogens with zero attached hydrogens (tertiary/aromatic N) is 4. The summed E-state index contributed by atoms with van der Waals surface area (Å²) in [6, 6.07) is 8.85. The molecule has 32 heavy (non-hydrogen) atoms. The van der Waals surface area contributed by atoms with Crippen LogP contribution in [0.3, 0.4) is 0 Å². The lowest BCUT2D eigenvalue weighted by Crippen LogP contribution is -2.47. The van der Waals surface area contributed by atoms with Crippen molar-refractivity contribution in [3.05, 3.63) is 53.7 Å². The van der Waals surface area contributed by atoms with Crippen molar-refractivity contribution in [3.8, 4) is 0 Å². The summed E-state index contributed by atoms with van der Waals surface area (Å²) in [4.78, 5) is 25.2. The van der Waals surface area contributed by atoms with Crippen molar-refractivity contribution in [1.82, 2.24) is 19.5 Å². The molecule has 0 N–H and O–H groups in total. The molecule has 2 bridgehead atoms. The Labute approximate surface area is 189 Å². The summed E-state index contributed by atoms with van der Waals surface area (Å²) in [5.41, 5.74) is 0.564. The second kappa shape index (κ2) is 8.74. The van der Waals surface area contributed by atoms with Gasteiger partial charge in [0.15, 0.2) is 22.6 Å². The maximum absolute atomic E-state index is 12.6. The molecule has 1 aromatic carbocycles. The molecule has 3 aromatic rings. The first kappa shape index (κ1) is 21.3. The molecule has 0 aliphatic carbocycles. The SMILES string of the molecule is CCCCOC1[C@@H]2OC[C@]1(COC(=O)c1ccccc1)O[C@H]2n1cnc2c(Cl)ncnc21. The van der Waals surface area contributed by atoms with Gasteiger partial charge >= 0.3 is 5.97 Å². The van der Waals surface area contributed by atoms with E-state index in [0.717, 1.165) is 12.8 Å². The van der Waals surface area contributed by atoms with Gasteiger partial charge in [-0.1, -0.05) is 43.1 Å². The second-order valence-corrected chi connectivity index (χ2v) is 8.28. The minimum absolute atomic E-state index is 0.00683. The van der Waals surface area contributed by atoms with Gasteiger partial charge in [0.2, 0.25) is 0 Å². The third-order valence-corrected chi connectivity index (χ3v) is 6.09. The van der Waals surface area contributed by atoms with Crippen LogP contribution in [-0.2, 0) is 18.9 Å². The van der Waals surface area contributed by atoms with Gasteiger partial charge in [-0.05, 0) is 18.6 Å². The van der Waals surface area contributed by atoms with Crippen molar-refractivity contribution in [2.24, 2.45) is 0 Å². The maximum atomic E-state index is 12.6. The fraction of sp³-hybridized carbons (Fsp3) is 0.455. The lowest BCUT2D eigenvalue weighted by molar-refractivity contribution is -0.187. The number of fused-ring (bicyclic) bond motifs is 3. The average molecular weight is 459 g/mol. The Morgan fingerprint density at radius 3 is 2.94 bits per heavy atom. The van der Waals surface area contributed by atoms with E-state index in [1.807, 2.05) is 6.07 Å². The predicted molar refractivity (Wildman–Crippen MR) is 114 cm³/mol. The number of hydrogen-bond donors (Lipinski definition) is 0. The number of carbonyl (C=O) groups is 1. The Balaban J connectivity index is 1.41. The topological polar surface area (TPSA) is 97.6 Å². The highest BCUT2D eigenvalue weighted by Crippen LogP contribution is 2.47. The zero-order valence-corrected chi connectivity index (χ0v) is 18.3. The molecule has 2 fully saturated rings. The van der Waals surface area contributed by atoms with E-state index in [0.29, 0.717) is 23.3 Å². The van der Waals surface area contributed by atoms with Crippen molar-refractivity contribution < 1.29 is 23.7 Å². The summed E-state index contributed by atoms with van der Waals surface area (Å²) in [5.74, 6) is -0.421.